The summed E-state index contributed by atoms with van der Waals surface area (Å²) in [6.45, 7) is 13.0. The molecule has 1 aromatic carbocycles. The van der Waals surface area contributed by atoms with Crippen LogP contribution in [-0.4, -0.2) is 67.3 Å². The Bertz CT molecular complexity index is 646. The maximum Gasteiger partial charge on any atom is 0.410 e. The van der Waals surface area contributed by atoms with Gasteiger partial charge in [-0.2, -0.15) is 0 Å². The van der Waals surface area contributed by atoms with E-state index in [1.165, 1.54) is 24.1 Å². The maximum atomic E-state index is 12.2. The molecule has 2 saturated heterocycles. The maximum absolute atomic E-state index is 12.2. The Labute approximate surface area is 179 Å². The van der Waals surface area contributed by atoms with Crippen LogP contribution in [0.15, 0.2) is 29.2 Å². The normalized spacial score (nSPS) is 19.4. The zero-order valence-electron chi connectivity index (χ0n) is 18.1. The van der Waals surface area contributed by atoms with Crippen molar-refractivity contribution in [2.75, 3.05) is 50.7 Å². The molecule has 0 saturated carbocycles. The van der Waals surface area contributed by atoms with Gasteiger partial charge in [0.15, 0.2) is 0 Å². The van der Waals surface area contributed by atoms with E-state index < -0.39 is 5.60 Å². The number of piperidine rings is 1. The lowest BCUT2D eigenvalue weighted by molar-refractivity contribution is 0.0177. The van der Waals surface area contributed by atoms with E-state index in [9.17, 15) is 4.79 Å². The van der Waals surface area contributed by atoms with E-state index in [-0.39, 0.29) is 6.09 Å². The number of hydrogen-bond acceptors (Lipinski definition) is 6. The average Bonchev–Trinajstić information content (AvgIpc) is 2.72. The quantitative estimate of drug-likeness (QED) is 0.731. The molecule has 0 bridgehead atoms. The Hall–Kier alpha value is -1.44. The topological polar surface area (TPSA) is 62.0 Å². The Kier molecular flexibility index (Phi) is 7.71. The van der Waals surface area contributed by atoms with E-state index in [0.29, 0.717) is 5.92 Å². The molecule has 6 nitrogen and oxygen atoms in total. The molecular formula is C22H36N4O2S. The number of likely N-dealkylation sites (tertiary alicyclic amines) is 1. The van der Waals surface area contributed by atoms with Crippen LogP contribution >= 0.6 is 11.9 Å². The number of amides is 1. The summed E-state index contributed by atoms with van der Waals surface area (Å²) in [6, 6.07) is 8.53. The molecule has 162 valence electrons. The second-order valence-electron chi connectivity index (χ2n) is 9.14. The van der Waals surface area contributed by atoms with Gasteiger partial charge in [0.1, 0.15) is 5.60 Å². The molecule has 0 unspecified atom stereocenters. The van der Waals surface area contributed by atoms with Crippen molar-refractivity contribution in [2.45, 2.75) is 50.5 Å². The smallest absolute Gasteiger partial charge is 0.410 e. The summed E-state index contributed by atoms with van der Waals surface area (Å²) < 4.78 is 5.49. The molecule has 0 radical (unpaired) electrons. The zero-order valence-corrected chi connectivity index (χ0v) is 18.9. The largest absolute Gasteiger partial charge is 0.444 e. The van der Waals surface area contributed by atoms with Gasteiger partial charge in [-0.25, -0.2) is 4.79 Å². The molecule has 2 aliphatic heterocycles. The van der Waals surface area contributed by atoms with Gasteiger partial charge in [0.25, 0.3) is 0 Å². The molecule has 0 spiro atoms. The molecule has 0 aliphatic carbocycles. The van der Waals surface area contributed by atoms with Crippen molar-refractivity contribution in [3.63, 3.8) is 0 Å². The van der Waals surface area contributed by atoms with E-state index in [4.69, 9.17) is 9.88 Å². The number of ether oxygens (including phenoxy) is 1. The standard InChI is InChI=1S/C22H36N4O2S/c1-22(2,3)28-21(27)26-12-9-18(10-13-26)8-11-24-14-16-25(17-15-24)19-4-6-20(29-23)7-5-19/h4-7,18H,8-17,23H2,1-3H3. The van der Waals surface area contributed by atoms with Crippen LogP contribution in [0.2, 0.25) is 0 Å². The van der Waals surface area contributed by atoms with Crippen LogP contribution in [0.1, 0.15) is 40.0 Å². The Morgan fingerprint density at radius 3 is 2.24 bits per heavy atom. The van der Waals surface area contributed by atoms with Crippen LogP contribution in [0.3, 0.4) is 0 Å². The molecule has 2 N–H and O–H groups in total. The number of rotatable bonds is 5. The predicted octanol–water partition coefficient (Wildman–Crippen LogP) is 3.81. The van der Waals surface area contributed by atoms with Crippen LogP contribution < -0.4 is 10.0 Å². The average molecular weight is 421 g/mol. The van der Waals surface area contributed by atoms with Gasteiger partial charge in [0.05, 0.1) is 0 Å². The number of carbonyl (C=O) groups is 1. The molecule has 1 amide bonds. The third kappa shape index (κ3) is 6.79. The zero-order chi connectivity index (χ0) is 20.9. The fraction of sp³-hybridized carbons (Fsp3) is 0.682. The van der Waals surface area contributed by atoms with Crippen LogP contribution in [0, 0.1) is 5.92 Å². The Balaban J connectivity index is 1.34. The van der Waals surface area contributed by atoms with Crippen molar-refractivity contribution in [1.29, 1.82) is 0 Å². The Morgan fingerprint density at radius 2 is 1.69 bits per heavy atom. The molecule has 2 aliphatic rings. The van der Waals surface area contributed by atoms with Crippen LogP contribution in [0.4, 0.5) is 10.5 Å². The van der Waals surface area contributed by atoms with Gasteiger partial charge in [-0.15, -0.1) is 0 Å². The van der Waals surface area contributed by atoms with Crippen LogP contribution in [0.25, 0.3) is 0 Å². The number of carbonyl (C=O) groups excluding carboxylic acids is 1. The summed E-state index contributed by atoms with van der Waals surface area (Å²) in [5.74, 6) is 0.716. The van der Waals surface area contributed by atoms with E-state index in [1.54, 1.807) is 0 Å². The fourth-order valence-electron chi connectivity index (χ4n) is 4.06. The fourth-order valence-corrected chi connectivity index (χ4v) is 4.35. The van der Waals surface area contributed by atoms with E-state index in [1.807, 2.05) is 25.7 Å². The third-order valence-electron chi connectivity index (χ3n) is 5.83. The second-order valence-corrected chi connectivity index (χ2v) is 9.85. The van der Waals surface area contributed by atoms with Gasteiger partial charge in [0.2, 0.25) is 0 Å². The van der Waals surface area contributed by atoms with Gasteiger partial charge in [-0.3, -0.25) is 10.0 Å². The van der Waals surface area contributed by atoms with Crippen molar-refractivity contribution < 1.29 is 9.53 Å². The molecule has 0 atom stereocenters. The van der Waals surface area contributed by atoms with Gasteiger partial charge in [-0.05, 0) is 88.7 Å². The van der Waals surface area contributed by atoms with E-state index in [0.717, 1.165) is 63.6 Å². The molecule has 1 aromatic rings. The minimum absolute atomic E-state index is 0.162. The molecule has 2 heterocycles. The highest BCUT2D eigenvalue weighted by Crippen LogP contribution is 2.24. The molecule has 0 aromatic heterocycles. The SMILES string of the molecule is CC(C)(C)OC(=O)N1CCC(CCN2CCN(c3ccc(SN)cc3)CC2)CC1. The van der Waals surface area contributed by atoms with Crippen molar-refractivity contribution in [1.82, 2.24) is 9.80 Å². The van der Waals surface area contributed by atoms with Gasteiger partial charge < -0.3 is 14.5 Å². The Morgan fingerprint density at radius 1 is 1.07 bits per heavy atom. The summed E-state index contributed by atoms with van der Waals surface area (Å²) in [4.78, 5) is 20.2. The molecule has 3 rings (SSSR count). The minimum Gasteiger partial charge on any atom is -0.444 e. The van der Waals surface area contributed by atoms with Crippen molar-refractivity contribution in [2.24, 2.45) is 11.1 Å². The number of nitrogens with two attached hydrogens (primary N) is 1. The number of benzene rings is 1. The lowest BCUT2D eigenvalue weighted by atomic mass is 9.93. The van der Waals surface area contributed by atoms with Crippen molar-refractivity contribution >= 4 is 23.7 Å². The molecule has 29 heavy (non-hydrogen) atoms. The lowest BCUT2D eigenvalue weighted by Gasteiger charge is -2.38. The third-order valence-corrected chi connectivity index (χ3v) is 6.37. The monoisotopic (exact) mass is 420 g/mol. The summed E-state index contributed by atoms with van der Waals surface area (Å²) in [7, 11) is 0. The minimum atomic E-state index is -0.415. The predicted molar refractivity (Wildman–Crippen MR) is 120 cm³/mol. The molecule has 7 heteroatoms. The summed E-state index contributed by atoms with van der Waals surface area (Å²) in [5.41, 5.74) is 0.874. The number of nitrogens with zero attached hydrogens (tertiary/aromatic N) is 3. The van der Waals surface area contributed by atoms with Gasteiger partial charge in [0, 0.05) is 49.9 Å². The highest BCUT2D eigenvalue weighted by Gasteiger charge is 2.27. The number of hydrogen-bond donors (Lipinski definition) is 1. The van der Waals surface area contributed by atoms with Crippen LogP contribution in [0.5, 0.6) is 0 Å². The first kappa shape index (κ1) is 22.2. The highest BCUT2D eigenvalue weighted by atomic mass is 32.2. The second kappa shape index (κ2) is 10.0. The van der Waals surface area contributed by atoms with E-state index in [2.05, 4.69) is 34.1 Å². The first-order valence-corrected chi connectivity index (χ1v) is 11.6. The first-order chi connectivity index (χ1) is 13.8. The first-order valence-electron chi connectivity index (χ1n) is 10.8. The van der Waals surface area contributed by atoms with Gasteiger partial charge in [-0.1, -0.05) is 0 Å². The summed E-state index contributed by atoms with van der Waals surface area (Å²) >= 11 is 1.29. The van der Waals surface area contributed by atoms with Crippen LogP contribution in [-0.2, 0) is 4.74 Å². The lowest BCUT2D eigenvalue weighted by Crippen LogP contribution is -2.47. The van der Waals surface area contributed by atoms with Crippen molar-refractivity contribution in [3.05, 3.63) is 24.3 Å². The molecule has 2 fully saturated rings. The number of anilines is 1. The van der Waals surface area contributed by atoms with E-state index >= 15 is 0 Å². The molecular weight excluding hydrogens is 384 g/mol. The number of piperazine rings is 1. The van der Waals surface area contributed by atoms with Crippen molar-refractivity contribution in [3.8, 4) is 0 Å². The summed E-state index contributed by atoms with van der Waals surface area (Å²) in [5, 5.41) is 5.61. The van der Waals surface area contributed by atoms with Gasteiger partial charge >= 0.3 is 6.09 Å². The summed E-state index contributed by atoms with van der Waals surface area (Å²) in [6.07, 6.45) is 3.24. The highest BCUT2D eigenvalue weighted by molar-refractivity contribution is 7.97.